The van der Waals surface area contributed by atoms with E-state index < -0.39 is 5.66 Å². The molecule has 3 heterocycles. The summed E-state index contributed by atoms with van der Waals surface area (Å²) in [5.74, 6) is 1.81. The fourth-order valence-corrected chi connectivity index (χ4v) is 3.80. The molecule has 7 heteroatoms. The fourth-order valence-electron chi connectivity index (χ4n) is 3.80. The Hall–Kier alpha value is -3.19. The Morgan fingerprint density at radius 1 is 1.11 bits per heavy atom. The van der Waals surface area contributed by atoms with Crippen LogP contribution in [0, 0.1) is 0 Å². The fraction of sp³-hybridized carbons (Fsp3) is 0.250. The van der Waals surface area contributed by atoms with Crippen LogP contribution < -0.4 is 31.6 Å². The molecule has 1 atom stereocenters. The van der Waals surface area contributed by atoms with Gasteiger partial charge in [-0.2, -0.15) is 0 Å². The molecule has 0 aromatic heterocycles. The molecule has 3 aliphatic heterocycles. The number of nitrogens with zero attached hydrogens (tertiary/aromatic N) is 1. The molecule has 3 aliphatic rings. The number of hydrogen-bond acceptors (Lipinski definition) is 7. The lowest BCUT2D eigenvalue weighted by atomic mass is 9.95. The highest BCUT2D eigenvalue weighted by Gasteiger charge is 2.29. The van der Waals surface area contributed by atoms with E-state index in [4.69, 9.17) is 20.9 Å². The van der Waals surface area contributed by atoms with Crippen molar-refractivity contribution in [3.63, 3.8) is 0 Å². The first-order chi connectivity index (χ1) is 13.1. The molecule has 0 saturated heterocycles. The maximum absolute atomic E-state index is 6.63. The third kappa shape index (κ3) is 2.96. The molecule has 0 bridgehead atoms. The van der Waals surface area contributed by atoms with E-state index in [1.807, 2.05) is 30.3 Å². The highest BCUT2D eigenvalue weighted by Crippen LogP contribution is 2.34. The second kappa shape index (κ2) is 5.92. The molecule has 0 radical (unpaired) electrons. The molecule has 27 heavy (non-hydrogen) atoms. The van der Waals surface area contributed by atoms with E-state index in [1.54, 1.807) is 0 Å². The van der Waals surface area contributed by atoms with Gasteiger partial charge in [0.1, 0.15) is 5.66 Å². The van der Waals surface area contributed by atoms with Gasteiger partial charge in [0.05, 0.1) is 5.70 Å². The van der Waals surface area contributed by atoms with Gasteiger partial charge in [-0.25, -0.2) is 4.99 Å². The van der Waals surface area contributed by atoms with Crippen LogP contribution in [0.25, 0.3) is 5.70 Å². The van der Waals surface area contributed by atoms with Crippen LogP contribution in [-0.2, 0) is 12.8 Å². The third-order valence-corrected chi connectivity index (χ3v) is 5.04. The van der Waals surface area contributed by atoms with Gasteiger partial charge in [-0.3, -0.25) is 0 Å². The Morgan fingerprint density at radius 2 is 2.00 bits per heavy atom. The summed E-state index contributed by atoms with van der Waals surface area (Å²) in [6.45, 7) is 1.22. The summed E-state index contributed by atoms with van der Waals surface area (Å²) in [5, 5.41) is 6.48. The zero-order valence-electron chi connectivity index (χ0n) is 14.8. The van der Waals surface area contributed by atoms with Crippen molar-refractivity contribution in [3.05, 3.63) is 59.2 Å². The minimum Gasteiger partial charge on any atom is -0.454 e. The molecule has 0 spiro atoms. The Morgan fingerprint density at radius 3 is 2.93 bits per heavy atom. The normalized spacial score (nSPS) is 22.4. The van der Waals surface area contributed by atoms with Crippen molar-refractivity contribution in [2.45, 2.75) is 18.5 Å². The zero-order chi connectivity index (χ0) is 18.4. The first-order valence-corrected chi connectivity index (χ1v) is 8.98. The van der Waals surface area contributed by atoms with Crippen molar-refractivity contribution in [2.75, 3.05) is 18.7 Å². The largest absolute Gasteiger partial charge is 0.454 e. The van der Waals surface area contributed by atoms with Gasteiger partial charge in [0, 0.05) is 24.2 Å². The zero-order valence-corrected chi connectivity index (χ0v) is 14.8. The minimum absolute atomic E-state index is 0.252. The minimum atomic E-state index is -0.841. The molecule has 1 unspecified atom stereocenters. The number of fused-ring (bicyclic) bond motifs is 2. The van der Waals surface area contributed by atoms with Crippen LogP contribution in [0.15, 0.2) is 47.5 Å². The van der Waals surface area contributed by atoms with Crippen LogP contribution >= 0.6 is 0 Å². The smallest absolute Gasteiger partial charge is 0.231 e. The van der Waals surface area contributed by atoms with Crippen LogP contribution in [0.1, 0.15) is 16.7 Å². The Labute approximate surface area is 157 Å². The number of nitrogens with one attached hydrogen (secondary N) is 2. The van der Waals surface area contributed by atoms with Gasteiger partial charge in [-0.05, 0) is 47.9 Å². The molecule has 5 rings (SSSR count). The molecule has 6 N–H and O–H groups in total. The maximum atomic E-state index is 6.63. The van der Waals surface area contributed by atoms with Crippen molar-refractivity contribution in [1.82, 2.24) is 5.32 Å². The number of hydrogen-bond donors (Lipinski definition) is 4. The van der Waals surface area contributed by atoms with Crippen LogP contribution in [0.4, 0.5) is 5.69 Å². The highest BCUT2D eigenvalue weighted by molar-refractivity contribution is 5.89. The van der Waals surface area contributed by atoms with Gasteiger partial charge in [0.15, 0.2) is 17.5 Å². The van der Waals surface area contributed by atoms with Crippen LogP contribution in [0.5, 0.6) is 11.5 Å². The molecule has 138 valence electrons. The predicted octanol–water partition coefficient (Wildman–Crippen LogP) is 1.54. The second-order valence-electron chi connectivity index (χ2n) is 7.11. The van der Waals surface area contributed by atoms with Crippen molar-refractivity contribution in [3.8, 4) is 11.5 Å². The van der Waals surface area contributed by atoms with Gasteiger partial charge in [-0.1, -0.05) is 12.1 Å². The lowest BCUT2D eigenvalue weighted by Gasteiger charge is -2.32. The first kappa shape index (κ1) is 16.0. The van der Waals surface area contributed by atoms with Gasteiger partial charge in [-0.15, -0.1) is 0 Å². The number of aliphatic imine (C=N–C) groups is 1. The van der Waals surface area contributed by atoms with Crippen molar-refractivity contribution < 1.29 is 9.47 Å². The monoisotopic (exact) mass is 363 g/mol. The van der Waals surface area contributed by atoms with E-state index in [9.17, 15) is 0 Å². The molecule has 0 saturated carbocycles. The molecule has 0 amide bonds. The summed E-state index contributed by atoms with van der Waals surface area (Å²) in [5.41, 5.74) is 17.1. The average Bonchev–Trinajstić information content (AvgIpc) is 3.28. The van der Waals surface area contributed by atoms with E-state index >= 15 is 0 Å². The topological polar surface area (TPSA) is 107 Å². The highest BCUT2D eigenvalue weighted by atomic mass is 16.7. The SMILES string of the molecule is NC1=NC(c2ccc3c(c2)CCN3)=CC(N)(Cc2ccc3c(c2)OCO3)N1. The summed E-state index contributed by atoms with van der Waals surface area (Å²) in [7, 11) is 0. The predicted molar refractivity (Wildman–Crippen MR) is 105 cm³/mol. The van der Waals surface area contributed by atoms with E-state index in [0.29, 0.717) is 12.4 Å². The summed E-state index contributed by atoms with van der Waals surface area (Å²) < 4.78 is 10.8. The lowest BCUT2D eigenvalue weighted by Crippen LogP contribution is -2.59. The van der Waals surface area contributed by atoms with Crippen molar-refractivity contribution in [2.24, 2.45) is 16.5 Å². The number of benzene rings is 2. The molecule has 0 aliphatic carbocycles. The van der Waals surface area contributed by atoms with E-state index in [2.05, 4.69) is 27.8 Å². The number of anilines is 1. The quantitative estimate of drug-likeness (QED) is 0.659. The lowest BCUT2D eigenvalue weighted by molar-refractivity contribution is 0.174. The summed E-state index contributed by atoms with van der Waals surface area (Å²) >= 11 is 0. The molecule has 2 aromatic rings. The number of nitrogens with two attached hydrogens (primary N) is 2. The van der Waals surface area contributed by atoms with Gasteiger partial charge in [0.2, 0.25) is 6.79 Å². The molecule has 0 fully saturated rings. The standard InChI is InChI=1S/C20H21N5O2/c21-19-24-16(13-2-3-15-14(8-13)5-6-23-15)10-20(22,25-19)9-12-1-4-17-18(7-12)27-11-26-17/h1-4,7-8,10,23H,5-6,9,11,22H2,(H3,21,24,25). The summed E-state index contributed by atoms with van der Waals surface area (Å²) in [6.07, 6.45) is 3.49. The average molecular weight is 363 g/mol. The van der Waals surface area contributed by atoms with E-state index in [-0.39, 0.29) is 6.79 Å². The third-order valence-electron chi connectivity index (χ3n) is 5.04. The van der Waals surface area contributed by atoms with Gasteiger partial charge >= 0.3 is 0 Å². The van der Waals surface area contributed by atoms with E-state index in [0.717, 1.165) is 41.3 Å². The van der Waals surface area contributed by atoms with Crippen LogP contribution in [0.3, 0.4) is 0 Å². The molecule has 7 nitrogen and oxygen atoms in total. The van der Waals surface area contributed by atoms with Gasteiger partial charge in [0.25, 0.3) is 0 Å². The summed E-state index contributed by atoms with van der Waals surface area (Å²) in [4.78, 5) is 4.47. The van der Waals surface area contributed by atoms with E-state index in [1.165, 1.54) is 11.3 Å². The summed E-state index contributed by atoms with van der Waals surface area (Å²) in [6, 6.07) is 12.1. The molecule has 2 aromatic carbocycles. The van der Waals surface area contributed by atoms with Crippen molar-refractivity contribution >= 4 is 17.3 Å². The Bertz CT molecular complexity index is 984. The number of guanidine groups is 1. The number of rotatable bonds is 3. The van der Waals surface area contributed by atoms with Crippen LogP contribution in [0.2, 0.25) is 0 Å². The Kier molecular flexibility index (Phi) is 3.51. The number of ether oxygens (including phenoxy) is 2. The molecular formula is C20H21N5O2. The van der Waals surface area contributed by atoms with Crippen molar-refractivity contribution in [1.29, 1.82) is 0 Å². The second-order valence-corrected chi connectivity index (χ2v) is 7.11. The first-order valence-electron chi connectivity index (χ1n) is 8.98. The van der Waals surface area contributed by atoms with Gasteiger partial charge < -0.3 is 31.6 Å². The Balaban J connectivity index is 1.46. The molecular weight excluding hydrogens is 342 g/mol. The maximum Gasteiger partial charge on any atom is 0.231 e. The van der Waals surface area contributed by atoms with Crippen LogP contribution in [-0.4, -0.2) is 25.0 Å².